The van der Waals surface area contributed by atoms with Gasteiger partial charge >= 0.3 is 6.36 Å². The van der Waals surface area contributed by atoms with Gasteiger partial charge in [0.25, 0.3) is 0 Å². The number of ether oxygens (including phenoxy) is 1. The number of anilines is 1. The first kappa shape index (κ1) is 17.0. The van der Waals surface area contributed by atoms with E-state index in [4.69, 9.17) is 11.6 Å². The van der Waals surface area contributed by atoms with Crippen molar-refractivity contribution in [2.45, 2.75) is 25.6 Å². The monoisotopic (exact) mass is 355 g/mol. The Morgan fingerprint density at radius 1 is 0.917 bits per heavy atom. The van der Waals surface area contributed by atoms with Crippen LogP contribution in [0.1, 0.15) is 19.3 Å². The van der Waals surface area contributed by atoms with Gasteiger partial charge in [-0.3, -0.25) is 0 Å². The van der Waals surface area contributed by atoms with E-state index in [1.807, 2.05) is 12.1 Å². The zero-order valence-corrected chi connectivity index (χ0v) is 13.7. The highest BCUT2D eigenvalue weighted by Gasteiger charge is 2.32. The number of hydrogen-bond acceptors (Lipinski definition) is 2. The third-order valence-corrected chi connectivity index (χ3v) is 4.39. The molecule has 2 aromatic carbocycles. The van der Waals surface area contributed by atoms with Gasteiger partial charge in [-0.05, 0) is 37.5 Å². The minimum Gasteiger partial charge on any atom is -0.405 e. The molecule has 0 aromatic heterocycles. The van der Waals surface area contributed by atoms with Crippen molar-refractivity contribution in [3.05, 3.63) is 47.5 Å². The molecule has 2 aromatic rings. The van der Waals surface area contributed by atoms with Crippen LogP contribution < -0.4 is 9.64 Å². The standard InChI is InChI=1S/C18H17ClF3NO/c19-16-12-13(23-10-4-1-5-11-23)8-9-14(16)15-6-2-3-7-17(15)24-18(20,21)22/h2-3,6-9,12H,1,4-5,10-11H2. The molecule has 0 aliphatic carbocycles. The Morgan fingerprint density at radius 3 is 2.29 bits per heavy atom. The van der Waals surface area contributed by atoms with E-state index in [0.29, 0.717) is 16.1 Å². The highest BCUT2D eigenvalue weighted by Crippen LogP contribution is 2.39. The van der Waals surface area contributed by atoms with Crippen molar-refractivity contribution in [3.63, 3.8) is 0 Å². The SMILES string of the molecule is FC(F)(F)Oc1ccccc1-c1ccc(N2CCCCC2)cc1Cl. The van der Waals surface area contributed by atoms with E-state index < -0.39 is 6.36 Å². The van der Waals surface area contributed by atoms with Gasteiger partial charge < -0.3 is 9.64 Å². The van der Waals surface area contributed by atoms with Gasteiger partial charge in [0, 0.05) is 29.9 Å². The summed E-state index contributed by atoms with van der Waals surface area (Å²) in [6, 6.07) is 11.5. The molecule has 24 heavy (non-hydrogen) atoms. The molecule has 2 nitrogen and oxygen atoms in total. The van der Waals surface area contributed by atoms with Crippen molar-refractivity contribution >= 4 is 17.3 Å². The van der Waals surface area contributed by atoms with Gasteiger partial charge in [-0.15, -0.1) is 13.2 Å². The number of nitrogens with zero attached hydrogens (tertiary/aromatic N) is 1. The molecule has 1 saturated heterocycles. The summed E-state index contributed by atoms with van der Waals surface area (Å²) in [5.74, 6) is -0.252. The molecule has 128 valence electrons. The summed E-state index contributed by atoms with van der Waals surface area (Å²) in [5, 5.41) is 0.413. The first-order chi connectivity index (χ1) is 11.4. The molecule has 0 radical (unpaired) electrons. The fourth-order valence-electron chi connectivity index (χ4n) is 2.97. The molecule has 0 amide bonds. The Balaban J connectivity index is 1.93. The Bertz CT molecular complexity index is 712. The lowest BCUT2D eigenvalue weighted by atomic mass is 10.0. The van der Waals surface area contributed by atoms with E-state index in [-0.39, 0.29) is 5.75 Å². The molecule has 1 fully saturated rings. The molecule has 1 heterocycles. The summed E-state index contributed by atoms with van der Waals surface area (Å²) in [4.78, 5) is 2.25. The van der Waals surface area contributed by atoms with Crippen molar-refractivity contribution in [2.75, 3.05) is 18.0 Å². The third-order valence-electron chi connectivity index (χ3n) is 4.08. The van der Waals surface area contributed by atoms with E-state index in [1.165, 1.54) is 18.6 Å². The Kier molecular flexibility index (Phi) is 4.90. The molecular weight excluding hydrogens is 339 g/mol. The van der Waals surface area contributed by atoms with Crippen LogP contribution in [0, 0.1) is 0 Å². The summed E-state index contributed by atoms with van der Waals surface area (Å²) < 4.78 is 41.9. The number of para-hydroxylation sites is 1. The van der Waals surface area contributed by atoms with Crippen LogP contribution in [-0.2, 0) is 0 Å². The number of alkyl halides is 3. The largest absolute Gasteiger partial charge is 0.573 e. The average Bonchev–Trinajstić information content (AvgIpc) is 2.55. The second-order valence-corrected chi connectivity index (χ2v) is 6.16. The molecule has 0 bridgehead atoms. The van der Waals surface area contributed by atoms with Crippen LogP contribution in [0.25, 0.3) is 11.1 Å². The maximum atomic E-state index is 12.6. The smallest absolute Gasteiger partial charge is 0.405 e. The van der Waals surface area contributed by atoms with Crippen molar-refractivity contribution in [1.82, 2.24) is 0 Å². The summed E-state index contributed by atoms with van der Waals surface area (Å²) in [7, 11) is 0. The van der Waals surface area contributed by atoms with Crippen LogP contribution >= 0.6 is 11.6 Å². The van der Waals surface area contributed by atoms with Crippen LogP contribution in [0.4, 0.5) is 18.9 Å². The maximum Gasteiger partial charge on any atom is 0.573 e. The normalized spacial score (nSPS) is 15.4. The van der Waals surface area contributed by atoms with Crippen LogP contribution in [0.3, 0.4) is 0 Å². The minimum atomic E-state index is -4.74. The fourth-order valence-corrected chi connectivity index (χ4v) is 3.25. The molecule has 6 heteroatoms. The van der Waals surface area contributed by atoms with E-state index in [1.54, 1.807) is 18.2 Å². The molecular formula is C18H17ClF3NO. The van der Waals surface area contributed by atoms with E-state index in [9.17, 15) is 13.2 Å². The number of benzene rings is 2. The Hall–Kier alpha value is -1.88. The lowest BCUT2D eigenvalue weighted by Gasteiger charge is -2.29. The maximum absolute atomic E-state index is 12.6. The lowest BCUT2D eigenvalue weighted by molar-refractivity contribution is -0.274. The number of hydrogen-bond donors (Lipinski definition) is 0. The number of rotatable bonds is 3. The first-order valence-corrected chi connectivity index (χ1v) is 8.21. The molecule has 1 aliphatic rings. The van der Waals surface area contributed by atoms with Gasteiger partial charge in [0.05, 0.1) is 5.02 Å². The minimum absolute atomic E-state index is 0.252. The summed E-state index contributed by atoms with van der Waals surface area (Å²) >= 11 is 6.36. The van der Waals surface area contributed by atoms with Gasteiger partial charge in [-0.1, -0.05) is 35.9 Å². The molecule has 0 N–H and O–H groups in total. The quantitative estimate of drug-likeness (QED) is 0.680. The fraction of sp³-hybridized carbons (Fsp3) is 0.333. The molecule has 3 rings (SSSR count). The van der Waals surface area contributed by atoms with Crippen molar-refractivity contribution in [1.29, 1.82) is 0 Å². The van der Waals surface area contributed by atoms with E-state index in [2.05, 4.69) is 9.64 Å². The van der Waals surface area contributed by atoms with Crippen molar-refractivity contribution in [2.24, 2.45) is 0 Å². The van der Waals surface area contributed by atoms with Gasteiger partial charge in [-0.25, -0.2) is 0 Å². The van der Waals surface area contributed by atoms with Crippen LogP contribution in [-0.4, -0.2) is 19.5 Å². The van der Waals surface area contributed by atoms with Crippen molar-refractivity contribution in [3.8, 4) is 16.9 Å². The predicted molar refractivity (Wildman–Crippen MR) is 89.6 cm³/mol. The lowest BCUT2D eigenvalue weighted by Crippen LogP contribution is -2.29. The summed E-state index contributed by atoms with van der Waals surface area (Å²) in [6.07, 6.45) is -1.23. The molecule has 0 saturated carbocycles. The topological polar surface area (TPSA) is 12.5 Å². The average molecular weight is 356 g/mol. The predicted octanol–water partition coefficient (Wildman–Crippen LogP) is 5.90. The molecule has 0 atom stereocenters. The second-order valence-electron chi connectivity index (χ2n) is 5.76. The zero-order valence-electron chi connectivity index (χ0n) is 12.9. The summed E-state index contributed by atoms with van der Waals surface area (Å²) in [5.41, 5.74) is 1.85. The van der Waals surface area contributed by atoms with Crippen LogP contribution in [0.2, 0.25) is 5.02 Å². The zero-order chi connectivity index (χ0) is 17.2. The van der Waals surface area contributed by atoms with Gasteiger partial charge in [-0.2, -0.15) is 0 Å². The third kappa shape index (κ3) is 3.96. The molecule has 1 aliphatic heterocycles. The molecule has 0 unspecified atom stereocenters. The van der Waals surface area contributed by atoms with Gasteiger partial charge in [0.1, 0.15) is 5.75 Å². The Morgan fingerprint density at radius 2 is 1.62 bits per heavy atom. The second kappa shape index (κ2) is 6.93. The number of halogens is 4. The van der Waals surface area contributed by atoms with Crippen LogP contribution in [0.5, 0.6) is 5.75 Å². The number of piperidine rings is 1. The molecule has 0 spiro atoms. The first-order valence-electron chi connectivity index (χ1n) is 7.84. The Labute approximate surface area is 143 Å². The van der Waals surface area contributed by atoms with Crippen LogP contribution in [0.15, 0.2) is 42.5 Å². The van der Waals surface area contributed by atoms with Crippen molar-refractivity contribution < 1.29 is 17.9 Å². The highest BCUT2D eigenvalue weighted by molar-refractivity contribution is 6.33. The summed E-state index contributed by atoms with van der Waals surface area (Å²) in [6.45, 7) is 1.95. The highest BCUT2D eigenvalue weighted by atomic mass is 35.5. The van der Waals surface area contributed by atoms with E-state index >= 15 is 0 Å². The van der Waals surface area contributed by atoms with Gasteiger partial charge in [0.15, 0.2) is 0 Å². The van der Waals surface area contributed by atoms with E-state index in [0.717, 1.165) is 31.6 Å². The van der Waals surface area contributed by atoms with Gasteiger partial charge in [0.2, 0.25) is 0 Å².